The predicted molar refractivity (Wildman–Crippen MR) is 141 cm³/mol. The zero-order valence-corrected chi connectivity index (χ0v) is 20.9. The van der Waals surface area contributed by atoms with Crippen molar-refractivity contribution < 1.29 is 9.59 Å². The zero-order valence-electron chi connectivity index (χ0n) is 20.9. The molecule has 0 saturated carbocycles. The first-order chi connectivity index (χ1) is 17.5. The summed E-state index contributed by atoms with van der Waals surface area (Å²) in [6.45, 7) is 5.61. The molecule has 1 saturated heterocycles. The Kier molecular flexibility index (Phi) is 6.55. The second kappa shape index (κ2) is 9.94. The summed E-state index contributed by atoms with van der Waals surface area (Å²) in [6.07, 6.45) is 5.51. The van der Waals surface area contributed by atoms with Crippen molar-refractivity contribution in [1.82, 2.24) is 14.5 Å². The highest BCUT2D eigenvalue weighted by molar-refractivity contribution is 5.95. The third kappa shape index (κ3) is 4.49. The van der Waals surface area contributed by atoms with E-state index in [2.05, 4.69) is 34.9 Å². The molecule has 1 amide bonds. The van der Waals surface area contributed by atoms with Crippen molar-refractivity contribution in [2.24, 2.45) is 0 Å². The van der Waals surface area contributed by atoms with Crippen LogP contribution in [0, 0.1) is 6.92 Å². The topological polar surface area (TPSA) is 55.2 Å². The summed E-state index contributed by atoms with van der Waals surface area (Å²) in [5.41, 5.74) is 4.57. The van der Waals surface area contributed by atoms with Crippen LogP contribution in [0.4, 0.5) is 0 Å². The Balaban J connectivity index is 1.46. The molecule has 1 aliphatic heterocycles. The molecule has 0 bridgehead atoms. The van der Waals surface area contributed by atoms with Crippen LogP contribution in [0.15, 0.2) is 91.3 Å². The Bertz CT molecular complexity index is 1370. The molecule has 5 heteroatoms. The molecule has 4 aromatic rings. The molecule has 1 aromatic heterocycles. The average molecular weight is 478 g/mol. The van der Waals surface area contributed by atoms with Gasteiger partial charge in [-0.2, -0.15) is 0 Å². The molecule has 0 radical (unpaired) electrons. The molecule has 2 heterocycles. The van der Waals surface area contributed by atoms with Gasteiger partial charge in [-0.25, -0.2) is 4.98 Å². The number of amides is 1. The largest absolute Gasteiger partial charge is 0.339 e. The smallest absolute Gasteiger partial charge is 0.253 e. The van der Waals surface area contributed by atoms with Crippen LogP contribution >= 0.6 is 0 Å². The highest BCUT2D eigenvalue weighted by Gasteiger charge is 2.42. The molecular formula is C31H31N3O2. The van der Waals surface area contributed by atoms with Crippen molar-refractivity contribution in [3.63, 3.8) is 0 Å². The average Bonchev–Trinajstić information content (AvgIpc) is 3.38. The summed E-state index contributed by atoms with van der Waals surface area (Å²) in [7, 11) is 0. The van der Waals surface area contributed by atoms with E-state index in [4.69, 9.17) is 4.98 Å². The van der Waals surface area contributed by atoms with Gasteiger partial charge in [-0.05, 0) is 55.5 Å². The zero-order chi connectivity index (χ0) is 25.1. The normalized spacial score (nSPS) is 15.0. The second-order valence-corrected chi connectivity index (χ2v) is 9.69. The molecule has 0 N–H and O–H groups in total. The summed E-state index contributed by atoms with van der Waals surface area (Å²) >= 11 is 0. The van der Waals surface area contributed by atoms with E-state index in [0.717, 1.165) is 40.9 Å². The van der Waals surface area contributed by atoms with Crippen LogP contribution in [-0.2, 0) is 12.0 Å². The van der Waals surface area contributed by atoms with Gasteiger partial charge in [0, 0.05) is 43.2 Å². The van der Waals surface area contributed by atoms with Crippen LogP contribution in [0.5, 0.6) is 0 Å². The maximum absolute atomic E-state index is 13.1. The summed E-state index contributed by atoms with van der Waals surface area (Å²) < 4.78 is 2.23. The van der Waals surface area contributed by atoms with E-state index in [1.807, 2.05) is 72.7 Å². The van der Waals surface area contributed by atoms with E-state index in [0.29, 0.717) is 19.6 Å². The number of piperidine rings is 1. The number of carbonyl (C=O) groups excluding carboxylic acids is 2. The third-order valence-corrected chi connectivity index (χ3v) is 7.42. The van der Waals surface area contributed by atoms with Crippen molar-refractivity contribution in [2.45, 2.75) is 38.6 Å². The molecule has 182 valence electrons. The van der Waals surface area contributed by atoms with E-state index in [9.17, 15) is 9.59 Å². The van der Waals surface area contributed by atoms with Gasteiger partial charge < -0.3 is 9.47 Å². The van der Waals surface area contributed by atoms with E-state index < -0.39 is 0 Å². The van der Waals surface area contributed by atoms with Crippen LogP contribution in [0.25, 0.3) is 0 Å². The van der Waals surface area contributed by atoms with E-state index >= 15 is 0 Å². The number of likely N-dealkylation sites (tertiary alicyclic amines) is 1. The summed E-state index contributed by atoms with van der Waals surface area (Å²) in [5, 5.41) is 0. The molecule has 0 aliphatic carbocycles. The lowest BCUT2D eigenvalue weighted by Crippen LogP contribution is -2.47. The van der Waals surface area contributed by atoms with Gasteiger partial charge in [-0.3, -0.25) is 9.59 Å². The van der Waals surface area contributed by atoms with Gasteiger partial charge in [0.2, 0.25) is 0 Å². The molecule has 1 fully saturated rings. The summed E-state index contributed by atoms with van der Waals surface area (Å²) in [4.78, 5) is 31.9. The number of hydrogen-bond acceptors (Lipinski definition) is 3. The van der Waals surface area contributed by atoms with Gasteiger partial charge in [0.15, 0.2) is 5.78 Å². The van der Waals surface area contributed by atoms with Crippen LogP contribution < -0.4 is 0 Å². The number of rotatable bonds is 6. The minimum Gasteiger partial charge on any atom is -0.339 e. The van der Waals surface area contributed by atoms with Gasteiger partial charge in [0.05, 0.1) is 5.41 Å². The monoisotopic (exact) mass is 477 g/mol. The predicted octanol–water partition coefficient (Wildman–Crippen LogP) is 5.66. The highest BCUT2D eigenvalue weighted by Crippen LogP contribution is 2.41. The number of benzene rings is 3. The molecule has 0 unspecified atom stereocenters. The van der Waals surface area contributed by atoms with Gasteiger partial charge in [0.25, 0.3) is 5.91 Å². The minimum atomic E-state index is -0.285. The first-order valence-electron chi connectivity index (χ1n) is 12.5. The fraction of sp³-hybridized carbons (Fsp3) is 0.258. The first-order valence-corrected chi connectivity index (χ1v) is 12.5. The fourth-order valence-electron chi connectivity index (χ4n) is 5.52. The van der Waals surface area contributed by atoms with Crippen LogP contribution in [0.3, 0.4) is 0 Å². The van der Waals surface area contributed by atoms with E-state index in [1.54, 1.807) is 6.92 Å². The SMILES string of the molecule is CC(=O)c1ccc(Cn2ccnc2C2(c3ccccc3)CCN(C(=O)c3ccccc3)CC2)cc1C. The van der Waals surface area contributed by atoms with Crippen molar-refractivity contribution in [3.8, 4) is 0 Å². The summed E-state index contributed by atoms with van der Waals surface area (Å²) in [5.74, 6) is 1.19. The Labute approximate surface area is 212 Å². The quantitative estimate of drug-likeness (QED) is 0.337. The fourth-order valence-corrected chi connectivity index (χ4v) is 5.52. The minimum absolute atomic E-state index is 0.0849. The lowest BCUT2D eigenvalue weighted by Gasteiger charge is -2.42. The van der Waals surface area contributed by atoms with Crippen molar-refractivity contribution >= 4 is 11.7 Å². The number of carbonyl (C=O) groups is 2. The molecule has 0 atom stereocenters. The molecule has 5 rings (SSSR count). The lowest BCUT2D eigenvalue weighted by atomic mass is 9.71. The number of hydrogen-bond donors (Lipinski definition) is 0. The number of Topliss-reactive ketones (excluding diaryl/α,β-unsaturated/α-hetero) is 1. The number of aryl methyl sites for hydroxylation is 1. The van der Waals surface area contributed by atoms with E-state index in [1.165, 1.54) is 5.56 Å². The standard InChI is InChI=1S/C31H31N3O2/c1-23-21-25(13-14-28(23)24(2)35)22-34-20-17-32-30(34)31(27-11-7-4-8-12-27)15-18-33(19-16-31)29(36)26-9-5-3-6-10-26/h3-14,17,20-21H,15-16,18-19,22H2,1-2H3. The molecule has 5 nitrogen and oxygen atoms in total. The number of imidazole rings is 1. The second-order valence-electron chi connectivity index (χ2n) is 9.69. The Morgan fingerprint density at radius 3 is 2.22 bits per heavy atom. The number of nitrogens with zero attached hydrogens (tertiary/aromatic N) is 3. The maximum Gasteiger partial charge on any atom is 0.253 e. The molecule has 3 aromatic carbocycles. The first kappa shape index (κ1) is 23.7. The Hall–Kier alpha value is -3.99. The third-order valence-electron chi connectivity index (χ3n) is 7.42. The molecule has 36 heavy (non-hydrogen) atoms. The van der Waals surface area contributed by atoms with Gasteiger partial charge in [-0.1, -0.05) is 66.7 Å². The lowest BCUT2D eigenvalue weighted by molar-refractivity contribution is 0.0680. The van der Waals surface area contributed by atoms with Gasteiger partial charge >= 0.3 is 0 Å². The van der Waals surface area contributed by atoms with Crippen molar-refractivity contribution in [2.75, 3.05) is 13.1 Å². The van der Waals surface area contributed by atoms with Crippen molar-refractivity contribution in [1.29, 1.82) is 0 Å². The summed E-state index contributed by atoms with van der Waals surface area (Å²) in [6, 6.07) is 26.1. The Morgan fingerprint density at radius 1 is 0.917 bits per heavy atom. The highest BCUT2D eigenvalue weighted by atomic mass is 16.2. The van der Waals surface area contributed by atoms with Gasteiger partial charge in [-0.15, -0.1) is 0 Å². The van der Waals surface area contributed by atoms with Crippen LogP contribution in [0.2, 0.25) is 0 Å². The van der Waals surface area contributed by atoms with Crippen LogP contribution in [0.1, 0.15) is 63.0 Å². The number of ketones is 1. The van der Waals surface area contributed by atoms with Crippen LogP contribution in [-0.4, -0.2) is 39.2 Å². The number of aromatic nitrogens is 2. The van der Waals surface area contributed by atoms with Gasteiger partial charge in [0.1, 0.15) is 5.82 Å². The molecule has 1 aliphatic rings. The maximum atomic E-state index is 13.1. The molecule has 0 spiro atoms. The van der Waals surface area contributed by atoms with Crippen molar-refractivity contribution in [3.05, 3.63) is 125 Å². The van der Waals surface area contributed by atoms with E-state index in [-0.39, 0.29) is 17.1 Å². The Morgan fingerprint density at radius 2 is 1.58 bits per heavy atom. The molecular weight excluding hydrogens is 446 g/mol.